The fourth-order valence-electron chi connectivity index (χ4n) is 1.87. The zero-order valence-corrected chi connectivity index (χ0v) is 15.7. The summed E-state index contributed by atoms with van der Waals surface area (Å²) in [5, 5.41) is 9.23. The van der Waals surface area contributed by atoms with Crippen molar-refractivity contribution in [1.82, 2.24) is 4.72 Å². The number of sulfonamides is 1. The van der Waals surface area contributed by atoms with Crippen LogP contribution in [0.25, 0.3) is 0 Å². The molecule has 0 aliphatic heterocycles. The summed E-state index contributed by atoms with van der Waals surface area (Å²) in [7, 11) is -3.58. The van der Waals surface area contributed by atoms with Crippen LogP contribution in [0.2, 0.25) is 0 Å². The lowest BCUT2D eigenvalue weighted by Crippen LogP contribution is -2.33. The normalized spacial score (nSPS) is 13.4. The van der Waals surface area contributed by atoms with E-state index in [-0.39, 0.29) is 17.5 Å². The Hall–Kier alpha value is -0.0800. The first-order valence-corrected chi connectivity index (χ1v) is 10.2. The molecule has 0 amide bonds. The van der Waals surface area contributed by atoms with Crippen LogP contribution in [-0.2, 0) is 16.6 Å². The van der Waals surface area contributed by atoms with Crippen molar-refractivity contribution in [2.24, 2.45) is 0 Å². The van der Waals surface area contributed by atoms with Gasteiger partial charge in [0.25, 0.3) is 0 Å². The van der Waals surface area contributed by atoms with Crippen molar-refractivity contribution in [2.75, 3.05) is 11.5 Å². The largest absolute Gasteiger partial charge is 0.392 e. The summed E-state index contributed by atoms with van der Waals surface area (Å²) in [5.74, 6) is 1.96. The maximum absolute atomic E-state index is 12.5. The zero-order valence-electron chi connectivity index (χ0n) is 12.5. The van der Waals surface area contributed by atoms with Gasteiger partial charge in [-0.15, -0.1) is 0 Å². The van der Waals surface area contributed by atoms with Crippen LogP contribution < -0.4 is 4.72 Å². The summed E-state index contributed by atoms with van der Waals surface area (Å²) in [6.07, 6.45) is 0.789. The van der Waals surface area contributed by atoms with Crippen molar-refractivity contribution in [3.63, 3.8) is 0 Å². The highest BCUT2D eigenvalue weighted by atomic mass is 79.9. The van der Waals surface area contributed by atoms with E-state index in [1.807, 2.05) is 6.92 Å². The average Bonchev–Trinajstić information content (AvgIpc) is 2.41. The van der Waals surface area contributed by atoms with Crippen LogP contribution in [0.15, 0.2) is 21.5 Å². The number of halogens is 1. The lowest BCUT2D eigenvalue weighted by Gasteiger charge is -2.16. The van der Waals surface area contributed by atoms with E-state index in [1.54, 1.807) is 24.8 Å². The number of thioether (sulfide) groups is 1. The van der Waals surface area contributed by atoms with Gasteiger partial charge in [0.1, 0.15) is 0 Å². The number of aliphatic hydroxyl groups is 1. The maximum atomic E-state index is 12.5. The summed E-state index contributed by atoms with van der Waals surface area (Å²) in [4.78, 5) is 0.218. The molecule has 2 N–H and O–H groups in total. The Morgan fingerprint density at radius 2 is 2.10 bits per heavy atom. The van der Waals surface area contributed by atoms with Crippen molar-refractivity contribution < 1.29 is 13.5 Å². The van der Waals surface area contributed by atoms with Gasteiger partial charge in [-0.05, 0) is 55.0 Å². The lowest BCUT2D eigenvalue weighted by atomic mass is 10.2. The van der Waals surface area contributed by atoms with Crippen LogP contribution in [0.3, 0.4) is 0 Å². The summed E-state index contributed by atoms with van der Waals surface area (Å²) < 4.78 is 28.4. The molecule has 1 atom stereocenters. The van der Waals surface area contributed by atoms with Crippen LogP contribution in [0.5, 0.6) is 0 Å². The minimum Gasteiger partial charge on any atom is -0.392 e. The van der Waals surface area contributed by atoms with Gasteiger partial charge in [0, 0.05) is 10.5 Å². The predicted molar refractivity (Wildman–Crippen MR) is 92.2 cm³/mol. The molecule has 0 aliphatic rings. The molecule has 0 heterocycles. The SMILES string of the molecule is CCSCCC(C)NS(=O)(=O)c1cc(CO)cc(Br)c1C. The van der Waals surface area contributed by atoms with Crippen LogP contribution in [0, 0.1) is 6.92 Å². The molecule has 0 aliphatic carbocycles. The first kappa shape index (κ1) is 19.0. The van der Waals surface area contributed by atoms with Crippen LogP contribution in [0.1, 0.15) is 31.4 Å². The highest BCUT2D eigenvalue weighted by molar-refractivity contribution is 9.10. The molecule has 0 fully saturated rings. The molecular weight excluding hydrogens is 374 g/mol. The van der Waals surface area contributed by atoms with E-state index >= 15 is 0 Å². The Labute approximate surface area is 139 Å². The molecule has 1 rings (SSSR count). The Balaban J connectivity index is 2.95. The van der Waals surface area contributed by atoms with E-state index in [0.717, 1.165) is 17.9 Å². The number of nitrogens with one attached hydrogen (secondary N) is 1. The third kappa shape index (κ3) is 5.56. The van der Waals surface area contributed by atoms with Crippen molar-refractivity contribution >= 4 is 37.7 Å². The average molecular weight is 396 g/mol. The van der Waals surface area contributed by atoms with E-state index in [2.05, 4.69) is 27.6 Å². The molecule has 0 aromatic heterocycles. The third-order valence-electron chi connectivity index (χ3n) is 3.08. The fourth-order valence-corrected chi connectivity index (χ4v) is 4.91. The van der Waals surface area contributed by atoms with Crippen molar-refractivity contribution in [2.45, 2.75) is 44.7 Å². The van der Waals surface area contributed by atoms with Gasteiger partial charge in [-0.1, -0.05) is 22.9 Å². The second-order valence-corrected chi connectivity index (χ2v) is 8.80. The fraction of sp³-hybridized carbons (Fsp3) is 0.571. The van der Waals surface area contributed by atoms with Gasteiger partial charge in [0.2, 0.25) is 10.0 Å². The Morgan fingerprint density at radius 1 is 1.43 bits per heavy atom. The topological polar surface area (TPSA) is 66.4 Å². The monoisotopic (exact) mass is 395 g/mol. The molecule has 0 spiro atoms. The third-order valence-corrected chi connectivity index (χ3v) is 6.56. The quantitative estimate of drug-likeness (QED) is 0.663. The van der Waals surface area contributed by atoms with Gasteiger partial charge < -0.3 is 5.11 Å². The van der Waals surface area contributed by atoms with Gasteiger partial charge in [-0.3, -0.25) is 0 Å². The number of aliphatic hydroxyl groups excluding tert-OH is 1. The van der Waals surface area contributed by atoms with E-state index < -0.39 is 10.0 Å². The van der Waals surface area contributed by atoms with E-state index in [1.165, 1.54) is 6.07 Å². The van der Waals surface area contributed by atoms with E-state index in [0.29, 0.717) is 15.6 Å². The molecule has 0 radical (unpaired) electrons. The van der Waals surface area contributed by atoms with Crippen LogP contribution in [0.4, 0.5) is 0 Å². The Bertz CT molecular complexity index is 576. The molecular formula is C14H22BrNO3S2. The predicted octanol–water partition coefficient (Wildman–Crippen LogP) is 3.06. The summed E-state index contributed by atoms with van der Waals surface area (Å²) in [6.45, 7) is 5.51. The zero-order chi connectivity index (χ0) is 16.0. The molecule has 120 valence electrons. The van der Waals surface area contributed by atoms with E-state index in [9.17, 15) is 13.5 Å². The maximum Gasteiger partial charge on any atom is 0.241 e. The first-order valence-electron chi connectivity index (χ1n) is 6.81. The van der Waals surface area contributed by atoms with Gasteiger partial charge in [-0.2, -0.15) is 11.8 Å². The second kappa shape index (κ2) is 8.53. The van der Waals surface area contributed by atoms with Crippen LogP contribution in [-0.4, -0.2) is 31.1 Å². The molecule has 21 heavy (non-hydrogen) atoms. The van der Waals surface area contributed by atoms with Crippen LogP contribution >= 0.6 is 27.7 Å². The van der Waals surface area contributed by atoms with Crippen molar-refractivity contribution in [3.8, 4) is 0 Å². The van der Waals surface area contributed by atoms with Crippen molar-refractivity contribution in [1.29, 1.82) is 0 Å². The molecule has 4 nitrogen and oxygen atoms in total. The Morgan fingerprint density at radius 3 is 2.67 bits per heavy atom. The van der Waals surface area contributed by atoms with E-state index in [4.69, 9.17) is 0 Å². The minimum atomic E-state index is -3.58. The molecule has 7 heteroatoms. The highest BCUT2D eigenvalue weighted by Gasteiger charge is 2.21. The number of rotatable bonds is 8. The summed E-state index contributed by atoms with van der Waals surface area (Å²) in [6, 6.07) is 3.14. The minimum absolute atomic E-state index is 0.120. The highest BCUT2D eigenvalue weighted by Crippen LogP contribution is 2.26. The molecule has 1 aromatic rings. The molecule has 0 saturated carbocycles. The molecule has 0 saturated heterocycles. The summed E-state index contributed by atoms with van der Waals surface area (Å²) in [5.41, 5.74) is 1.22. The molecule has 1 unspecified atom stereocenters. The number of hydrogen-bond donors (Lipinski definition) is 2. The lowest BCUT2D eigenvalue weighted by molar-refractivity contribution is 0.281. The standard InChI is InChI=1S/C14H22BrNO3S2/c1-4-20-6-5-10(2)16-21(18,19)14-8-12(9-17)7-13(15)11(14)3/h7-8,10,16-17H,4-6,9H2,1-3H3. The van der Waals surface area contributed by atoms with Gasteiger partial charge in [0.15, 0.2) is 0 Å². The van der Waals surface area contributed by atoms with Gasteiger partial charge in [0.05, 0.1) is 11.5 Å². The van der Waals surface area contributed by atoms with Crippen molar-refractivity contribution in [3.05, 3.63) is 27.7 Å². The summed E-state index contributed by atoms with van der Waals surface area (Å²) >= 11 is 5.14. The molecule has 0 bridgehead atoms. The Kier molecular flexibility index (Phi) is 7.70. The second-order valence-electron chi connectivity index (χ2n) is 4.87. The smallest absolute Gasteiger partial charge is 0.241 e. The first-order chi connectivity index (χ1) is 9.81. The van der Waals surface area contributed by atoms with Gasteiger partial charge in [-0.25, -0.2) is 13.1 Å². The number of hydrogen-bond acceptors (Lipinski definition) is 4. The number of benzene rings is 1. The van der Waals surface area contributed by atoms with Gasteiger partial charge >= 0.3 is 0 Å². The molecule has 1 aromatic carbocycles.